The minimum Gasteiger partial charge on any atom is -0.465 e. The van der Waals surface area contributed by atoms with Crippen LogP contribution in [0.1, 0.15) is 32.4 Å². The SMILES string of the molecule is COC(=O)c1ccccc1[C@H]1NC(=O)c2ccccc2N1. The van der Waals surface area contributed by atoms with Gasteiger partial charge in [-0.05, 0) is 18.2 Å². The highest BCUT2D eigenvalue weighted by Gasteiger charge is 2.27. The minimum atomic E-state index is -0.470. The normalized spacial score (nSPS) is 16.4. The fraction of sp³-hybridized carbons (Fsp3) is 0.125. The first-order valence-corrected chi connectivity index (χ1v) is 6.54. The van der Waals surface area contributed by atoms with Crippen molar-refractivity contribution in [2.45, 2.75) is 6.17 Å². The molecule has 2 N–H and O–H groups in total. The molecule has 0 bridgehead atoms. The first kappa shape index (κ1) is 13.2. The molecule has 1 heterocycles. The lowest BCUT2D eigenvalue weighted by molar-refractivity contribution is 0.0597. The maximum atomic E-state index is 12.2. The van der Waals surface area contributed by atoms with E-state index in [4.69, 9.17) is 4.74 Å². The summed E-state index contributed by atoms with van der Waals surface area (Å²) in [6, 6.07) is 14.3. The number of ether oxygens (including phenoxy) is 1. The second kappa shape index (κ2) is 5.28. The van der Waals surface area contributed by atoms with Gasteiger partial charge in [0.1, 0.15) is 6.17 Å². The number of fused-ring (bicyclic) bond motifs is 1. The summed E-state index contributed by atoms with van der Waals surface area (Å²) >= 11 is 0. The Morgan fingerprint density at radius 1 is 1.05 bits per heavy atom. The molecule has 106 valence electrons. The van der Waals surface area contributed by atoms with Crippen LogP contribution in [-0.2, 0) is 4.74 Å². The average Bonchev–Trinajstić information content (AvgIpc) is 2.54. The monoisotopic (exact) mass is 282 g/mol. The van der Waals surface area contributed by atoms with Gasteiger partial charge in [-0.2, -0.15) is 0 Å². The summed E-state index contributed by atoms with van der Waals surface area (Å²) in [4.78, 5) is 24.0. The molecule has 0 fully saturated rings. The third-order valence-corrected chi connectivity index (χ3v) is 3.42. The van der Waals surface area contributed by atoms with E-state index < -0.39 is 12.1 Å². The maximum Gasteiger partial charge on any atom is 0.338 e. The van der Waals surface area contributed by atoms with E-state index in [9.17, 15) is 9.59 Å². The van der Waals surface area contributed by atoms with Crippen LogP contribution in [0.4, 0.5) is 5.69 Å². The second-order valence-electron chi connectivity index (χ2n) is 4.68. The van der Waals surface area contributed by atoms with Crippen LogP contribution in [0.15, 0.2) is 48.5 Å². The van der Waals surface area contributed by atoms with Crippen molar-refractivity contribution in [2.24, 2.45) is 0 Å². The Morgan fingerprint density at radius 2 is 1.76 bits per heavy atom. The Labute approximate surface area is 121 Å². The van der Waals surface area contributed by atoms with Crippen LogP contribution in [0.2, 0.25) is 0 Å². The van der Waals surface area contributed by atoms with E-state index in [-0.39, 0.29) is 5.91 Å². The van der Waals surface area contributed by atoms with Crippen molar-refractivity contribution in [3.8, 4) is 0 Å². The molecule has 2 aromatic carbocycles. The van der Waals surface area contributed by atoms with Crippen molar-refractivity contribution >= 4 is 17.6 Å². The first-order valence-electron chi connectivity index (χ1n) is 6.54. The first-order chi connectivity index (χ1) is 10.2. The Balaban J connectivity index is 2.00. The van der Waals surface area contributed by atoms with Crippen LogP contribution in [-0.4, -0.2) is 19.0 Å². The van der Waals surface area contributed by atoms with Crippen molar-refractivity contribution in [1.82, 2.24) is 5.32 Å². The van der Waals surface area contributed by atoms with Gasteiger partial charge in [-0.3, -0.25) is 4.79 Å². The molecule has 1 amide bonds. The predicted molar refractivity (Wildman–Crippen MR) is 78.1 cm³/mol. The van der Waals surface area contributed by atoms with Crippen LogP contribution >= 0.6 is 0 Å². The largest absolute Gasteiger partial charge is 0.465 e. The zero-order valence-corrected chi connectivity index (χ0v) is 11.4. The van der Waals surface area contributed by atoms with Crippen LogP contribution in [0.3, 0.4) is 0 Å². The highest BCUT2D eigenvalue weighted by atomic mass is 16.5. The molecule has 1 atom stereocenters. The Bertz CT molecular complexity index is 712. The Kier molecular flexibility index (Phi) is 3.31. The number of hydrogen-bond acceptors (Lipinski definition) is 4. The van der Waals surface area contributed by atoms with Crippen LogP contribution < -0.4 is 10.6 Å². The van der Waals surface area contributed by atoms with Gasteiger partial charge in [-0.15, -0.1) is 0 Å². The van der Waals surface area contributed by atoms with Crippen molar-refractivity contribution in [1.29, 1.82) is 0 Å². The molecule has 0 aromatic heterocycles. The molecule has 0 unspecified atom stereocenters. The molecule has 1 aliphatic rings. The maximum absolute atomic E-state index is 12.2. The standard InChI is InChI=1S/C16H14N2O3/c1-21-16(20)11-7-3-2-6-10(11)14-17-13-9-5-4-8-12(13)15(19)18-14/h2-9,14,17H,1H3,(H,18,19)/t14-/m1/s1. The molecule has 0 aliphatic carbocycles. The van der Waals surface area contributed by atoms with E-state index in [2.05, 4.69) is 10.6 Å². The molecule has 2 aromatic rings. The number of anilines is 1. The van der Waals surface area contributed by atoms with Gasteiger partial charge in [-0.25, -0.2) is 4.79 Å². The smallest absolute Gasteiger partial charge is 0.338 e. The lowest BCUT2D eigenvalue weighted by atomic mass is 10.0. The van der Waals surface area contributed by atoms with Crippen LogP contribution in [0, 0.1) is 0 Å². The molecule has 1 aliphatic heterocycles. The molecule has 21 heavy (non-hydrogen) atoms. The zero-order valence-electron chi connectivity index (χ0n) is 11.4. The predicted octanol–water partition coefficient (Wildman–Crippen LogP) is 2.33. The van der Waals surface area contributed by atoms with E-state index in [1.54, 1.807) is 24.3 Å². The third kappa shape index (κ3) is 2.33. The van der Waals surface area contributed by atoms with Crippen molar-refractivity contribution in [2.75, 3.05) is 12.4 Å². The molecular formula is C16H14N2O3. The van der Waals surface area contributed by atoms with Crippen LogP contribution in [0.5, 0.6) is 0 Å². The van der Waals surface area contributed by atoms with Gasteiger partial charge < -0.3 is 15.4 Å². The highest BCUT2D eigenvalue weighted by Crippen LogP contribution is 2.28. The number of amides is 1. The van der Waals surface area contributed by atoms with E-state index in [1.807, 2.05) is 24.3 Å². The van der Waals surface area contributed by atoms with Gasteiger partial charge in [-0.1, -0.05) is 30.3 Å². The molecule has 0 saturated carbocycles. The quantitative estimate of drug-likeness (QED) is 0.830. The molecule has 0 saturated heterocycles. The summed E-state index contributed by atoms with van der Waals surface area (Å²) in [5.41, 5.74) is 2.43. The fourth-order valence-electron chi connectivity index (χ4n) is 2.41. The number of hydrogen-bond donors (Lipinski definition) is 2. The topological polar surface area (TPSA) is 67.4 Å². The second-order valence-corrected chi connectivity index (χ2v) is 4.68. The Morgan fingerprint density at radius 3 is 2.57 bits per heavy atom. The minimum absolute atomic E-state index is 0.172. The summed E-state index contributed by atoms with van der Waals surface area (Å²) in [5, 5.41) is 6.07. The van der Waals surface area contributed by atoms with Crippen LogP contribution in [0.25, 0.3) is 0 Å². The lowest BCUT2D eigenvalue weighted by Crippen LogP contribution is -2.39. The number of nitrogens with one attached hydrogen (secondary N) is 2. The summed E-state index contributed by atoms with van der Waals surface area (Å²) in [6.07, 6.45) is -0.470. The van der Waals surface area contributed by atoms with Gasteiger partial charge in [0.25, 0.3) is 5.91 Å². The van der Waals surface area contributed by atoms with E-state index in [1.165, 1.54) is 7.11 Å². The lowest BCUT2D eigenvalue weighted by Gasteiger charge is -2.29. The summed E-state index contributed by atoms with van der Waals surface area (Å²) in [5.74, 6) is -0.602. The summed E-state index contributed by atoms with van der Waals surface area (Å²) in [7, 11) is 1.33. The molecular weight excluding hydrogens is 268 g/mol. The summed E-state index contributed by atoms with van der Waals surface area (Å²) in [6.45, 7) is 0. The molecule has 5 nitrogen and oxygen atoms in total. The van der Waals surface area contributed by atoms with E-state index in [0.717, 1.165) is 5.69 Å². The third-order valence-electron chi connectivity index (χ3n) is 3.42. The molecule has 5 heteroatoms. The number of methoxy groups -OCH3 is 1. The van der Waals surface area contributed by atoms with Gasteiger partial charge in [0.15, 0.2) is 0 Å². The van der Waals surface area contributed by atoms with Gasteiger partial charge in [0, 0.05) is 11.3 Å². The van der Waals surface area contributed by atoms with Gasteiger partial charge in [0.2, 0.25) is 0 Å². The van der Waals surface area contributed by atoms with Gasteiger partial charge in [0.05, 0.1) is 18.2 Å². The number of esters is 1. The number of carbonyl (C=O) groups excluding carboxylic acids is 2. The van der Waals surface area contributed by atoms with Crippen molar-refractivity contribution < 1.29 is 14.3 Å². The summed E-state index contributed by atoms with van der Waals surface area (Å²) < 4.78 is 4.78. The van der Waals surface area contributed by atoms with Crippen molar-refractivity contribution in [3.63, 3.8) is 0 Å². The fourth-order valence-corrected chi connectivity index (χ4v) is 2.41. The molecule has 0 spiro atoms. The zero-order chi connectivity index (χ0) is 14.8. The molecule has 0 radical (unpaired) electrons. The van der Waals surface area contributed by atoms with Gasteiger partial charge >= 0.3 is 5.97 Å². The number of benzene rings is 2. The molecule has 3 rings (SSSR count). The Hall–Kier alpha value is -2.82. The number of rotatable bonds is 2. The average molecular weight is 282 g/mol. The number of carbonyl (C=O) groups is 2. The highest BCUT2D eigenvalue weighted by molar-refractivity contribution is 6.02. The number of para-hydroxylation sites is 1. The van der Waals surface area contributed by atoms with E-state index >= 15 is 0 Å². The van der Waals surface area contributed by atoms with Crippen molar-refractivity contribution in [3.05, 3.63) is 65.2 Å². The van der Waals surface area contributed by atoms with E-state index in [0.29, 0.717) is 16.7 Å².